The molecule has 0 aromatic heterocycles. The van der Waals surface area contributed by atoms with Gasteiger partial charge in [-0.05, 0) is 29.8 Å². The van der Waals surface area contributed by atoms with Crippen molar-refractivity contribution in [2.45, 2.75) is 5.75 Å². The molecule has 0 spiro atoms. The lowest BCUT2D eigenvalue weighted by Crippen LogP contribution is -2.07. The fourth-order valence-electron chi connectivity index (χ4n) is 2.13. The van der Waals surface area contributed by atoms with Crippen molar-refractivity contribution < 1.29 is 13.6 Å². The first kappa shape index (κ1) is 18.7. The third kappa shape index (κ3) is 5.21. The minimum Gasteiger partial charge on any atom is -0.412 e. The fraction of sp³-hybridized carbons (Fsp3) is 0.0500. The number of hydrogen-bond acceptors (Lipinski definition) is 5. The molecule has 3 rings (SSSR count). The van der Waals surface area contributed by atoms with E-state index in [0.717, 1.165) is 5.56 Å². The molecule has 0 aliphatic carbocycles. The largest absolute Gasteiger partial charge is 0.480 e. The lowest BCUT2D eigenvalue weighted by atomic mass is 10.2. The summed E-state index contributed by atoms with van der Waals surface area (Å²) in [5.74, 6) is 1.50. The summed E-state index contributed by atoms with van der Waals surface area (Å²) in [5.41, 5.74) is 1.09. The lowest BCUT2D eigenvalue weighted by molar-refractivity contribution is 0.404. The molecule has 3 aromatic rings. The zero-order chi connectivity index (χ0) is 18.2. The van der Waals surface area contributed by atoms with E-state index in [1.807, 2.05) is 66.7 Å². The summed E-state index contributed by atoms with van der Waals surface area (Å²) >= 11 is 6.73. The van der Waals surface area contributed by atoms with Crippen LogP contribution in [0.5, 0.6) is 11.5 Å². The fourth-order valence-corrected chi connectivity index (χ4v) is 5.05. The Hall–Kier alpha value is -2.07. The van der Waals surface area contributed by atoms with E-state index in [4.69, 9.17) is 21.3 Å². The van der Waals surface area contributed by atoms with Gasteiger partial charge in [0.25, 0.3) is 0 Å². The van der Waals surface area contributed by atoms with Crippen LogP contribution in [0.15, 0.2) is 91.0 Å². The van der Waals surface area contributed by atoms with E-state index in [1.54, 1.807) is 24.3 Å². The van der Waals surface area contributed by atoms with Gasteiger partial charge in [0.1, 0.15) is 11.5 Å². The van der Waals surface area contributed by atoms with Crippen LogP contribution in [0.4, 0.5) is 0 Å². The van der Waals surface area contributed by atoms with E-state index in [1.165, 1.54) is 11.8 Å². The Kier molecular flexibility index (Phi) is 6.51. The molecule has 0 atom stereocenters. The van der Waals surface area contributed by atoms with Crippen LogP contribution in [0.3, 0.4) is 0 Å². The molecule has 0 bridgehead atoms. The highest BCUT2D eigenvalue weighted by atomic mass is 32.2. The van der Waals surface area contributed by atoms with Gasteiger partial charge in [0.2, 0.25) is 0 Å². The van der Waals surface area contributed by atoms with E-state index in [2.05, 4.69) is 0 Å². The van der Waals surface area contributed by atoms with Gasteiger partial charge < -0.3 is 9.05 Å². The minimum absolute atomic E-state index is 0.203. The highest BCUT2D eigenvalue weighted by molar-refractivity contribution is 8.35. The Bertz CT molecular complexity index is 841. The Morgan fingerprint density at radius 2 is 1.19 bits per heavy atom. The van der Waals surface area contributed by atoms with Crippen LogP contribution in [0.2, 0.25) is 0 Å². The monoisotopic (exact) mass is 400 g/mol. The quantitative estimate of drug-likeness (QED) is 0.332. The first-order chi connectivity index (χ1) is 12.7. The maximum Gasteiger partial charge on any atom is 0.480 e. The van der Waals surface area contributed by atoms with Gasteiger partial charge in [0.05, 0.1) is 0 Å². The van der Waals surface area contributed by atoms with E-state index >= 15 is 0 Å². The second kappa shape index (κ2) is 9.04. The van der Waals surface area contributed by atoms with Crippen molar-refractivity contribution in [3.05, 3.63) is 96.6 Å². The highest BCUT2D eigenvalue weighted by Crippen LogP contribution is 2.53. The van der Waals surface area contributed by atoms with Gasteiger partial charge >= 0.3 is 7.60 Å². The SMILES string of the molecule is O=P(Oc1ccccc1)(Oc1ccccc1)C(=S)SCc1ccccc1. The number of rotatable bonds is 7. The third-order valence-corrected chi connectivity index (χ3v) is 7.52. The smallest absolute Gasteiger partial charge is 0.412 e. The molecule has 0 saturated carbocycles. The highest BCUT2D eigenvalue weighted by Gasteiger charge is 2.35. The first-order valence-electron chi connectivity index (χ1n) is 7.96. The Morgan fingerprint density at radius 3 is 1.65 bits per heavy atom. The Balaban J connectivity index is 1.79. The summed E-state index contributed by atoms with van der Waals surface area (Å²) in [6.45, 7) is 0. The predicted molar refractivity (Wildman–Crippen MR) is 112 cm³/mol. The summed E-state index contributed by atoms with van der Waals surface area (Å²) in [4.78, 5) is 0. The van der Waals surface area contributed by atoms with Crippen LogP contribution >= 0.6 is 31.6 Å². The van der Waals surface area contributed by atoms with E-state index in [0.29, 0.717) is 17.3 Å². The second-order valence-corrected chi connectivity index (χ2v) is 9.41. The molecule has 132 valence electrons. The Labute approximate surface area is 162 Å². The molecule has 0 fully saturated rings. The maximum absolute atomic E-state index is 13.5. The molecule has 6 heteroatoms. The number of benzene rings is 3. The molecule has 0 radical (unpaired) electrons. The van der Waals surface area contributed by atoms with Crippen molar-refractivity contribution in [2.75, 3.05) is 0 Å². The standard InChI is InChI=1S/C20H17O3PS2/c21-24(22-18-12-6-2-7-13-18,23-19-14-8-3-9-15-19)20(25)26-16-17-10-4-1-5-11-17/h1-15H,16H2. The van der Waals surface area contributed by atoms with Crippen molar-refractivity contribution >= 4 is 35.5 Å². The molecule has 0 unspecified atom stereocenters. The van der Waals surface area contributed by atoms with Gasteiger partial charge in [0, 0.05) is 5.75 Å². The Morgan fingerprint density at radius 1 is 0.769 bits per heavy atom. The van der Waals surface area contributed by atoms with Crippen molar-refractivity contribution in [1.29, 1.82) is 0 Å². The van der Waals surface area contributed by atoms with Crippen molar-refractivity contribution in [2.24, 2.45) is 0 Å². The molecule has 0 aliphatic rings. The predicted octanol–water partition coefficient (Wildman–Crippen LogP) is 6.56. The van der Waals surface area contributed by atoms with Gasteiger partial charge in [-0.15, -0.1) is 0 Å². The number of hydrogen-bond donors (Lipinski definition) is 0. The van der Waals surface area contributed by atoms with Crippen LogP contribution in [0.25, 0.3) is 0 Å². The van der Waals surface area contributed by atoms with Crippen molar-refractivity contribution in [3.63, 3.8) is 0 Å². The van der Waals surface area contributed by atoms with E-state index in [-0.39, 0.29) is 3.94 Å². The first-order valence-corrected chi connectivity index (χ1v) is 10.9. The van der Waals surface area contributed by atoms with Gasteiger partial charge in [-0.3, -0.25) is 0 Å². The molecule has 26 heavy (non-hydrogen) atoms. The molecular formula is C20H17O3PS2. The number of thiocarbonyl (C=S) groups is 1. The molecule has 3 aromatic carbocycles. The average molecular weight is 400 g/mol. The summed E-state index contributed by atoms with van der Waals surface area (Å²) in [6.07, 6.45) is 0. The van der Waals surface area contributed by atoms with Crippen LogP contribution in [-0.2, 0) is 10.3 Å². The van der Waals surface area contributed by atoms with Gasteiger partial charge in [0.15, 0.2) is 3.94 Å². The maximum atomic E-state index is 13.5. The van der Waals surface area contributed by atoms with Crippen molar-refractivity contribution in [3.8, 4) is 11.5 Å². The van der Waals surface area contributed by atoms with Crippen LogP contribution in [0.1, 0.15) is 5.56 Å². The molecule has 0 aliphatic heterocycles. The van der Waals surface area contributed by atoms with E-state index < -0.39 is 7.60 Å². The van der Waals surface area contributed by atoms with Crippen LogP contribution in [-0.4, -0.2) is 3.94 Å². The summed E-state index contributed by atoms with van der Waals surface area (Å²) in [5, 5.41) is 0. The zero-order valence-electron chi connectivity index (χ0n) is 13.9. The molecular weight excluding hydrogens is 383 g/mol. The number of para-hydroxylation sites is 2. The molecule has 0 amide bonds. The molecule has 0 saturated heterocycles. The topological polar surface area (TPSA) is 35.5 Å². The van der Waals surface area contributed by atoms with Crippen molar-refractivity contribution in [1.82, 2.24) is 0 Å². The number of thioether (sulfide) groups is 1. The second-order valence-electron chi connectivity index (χ2n) is 5.35. The lowest BCUT2D eigenvalue weighted by Gasteiger charge is -2.20. The minimum atomic E-state index is -3.70. The van der Waals surface area contributed by atoms with E-state index in [9.17, 15) is 4.57 Å². The van der Waals surface area contributed by atoms with Crippen LogP contribution < -0.4 is 9.05 Å². The van der Waals surface area contributed by atoms with Gasteiger partial charge in [-0.1, -0.05) is 90.7 Å². The summed E-state index contributed by atoms with van der Waals surface area (Å²) in [6, 6.07) is 27.7. The van der Waals surface area contributed by atoms with Crippen LogP contribution in [0, 0.1) is 0 Å². The summed E-state index contributed by atoms with van der Waals surface area (Å²) < 4.78 is 25.1. The average Bonchev–Trinajstić information content (AvgIpc) is 2.68. The molecule has 0 heterocycles. The zero-order valence-corrected chi connectivity index (χ0v) is 16.4. The molecule has 0 N–H and O–H groups in total. The summed E-state index contributed by atoms with van der Waals surface area (Å²) in [7, 11) is -3.70. The molecule has 3 nitrogen and oxygen atoms in total. The van der Waals surface area contributed by atoms with Gasteiger partial charge in [-0.2, -0.15) is 0 Å². The third-order valence-electron chi connectivity index (χ3n) is 3.37. The van der Waals surface area contributed by atoms with Gasteiger partial charge in [-0.25, -0.2) is 4.57 Å². The normalized spacial score (nSPS) is 10.9.